The number of ether oxygens (including phenoxy) is 1. The third kappa shape index (κ3) is 3.25. The lowest BCUT2D eigenvalue weighted by Crippen LogP contribution is -2.50. The molecule has 0 saturated carbocycles. The molecule has 0 radical (unpaired) electrons. The molecule has 130 valence electrons. The van der Waals surface area contributed by atoms with E-state index in [1.807, 2.05) is 18.2 Å². The first-order valence-electron chi connectivity index (χ1n) is 8.82. The number of fused-ring (bicyclic) bond motifs is 3. The first kappa shape index (κ1) is 16.2. The van der Waals surface area contributed by atoms with Gasteiger partial charge in [-0.05, 0) is 25.0 Å². The number of anilines is 1. The Labute approximate surface area is 147 Å². The topological polar surface area (TPSA) is 44.8 Å². The first-order valence-corrected chi connectivity index (χ1v) is 9.20. The zero-order valence-electron chi connectivity index (χ0n) is 13.8. The Balaban J connectivity index is 1.41. The molecule has 0 spiro atoms. The fourth-order valence-electron chi connectivity index (χ4n) is 4.14. The molecule has 3 saturated heterocycles. The third-order valence-electron chi connectivity index (χ3n) is 5.44. The summed E-state index contributed by atoms with van der Waals surface area (Å²) >= 11 is 6.33. The Morgan fingerprint density at radius 2 is 1.92 bits per heavy atom. The molecule has 4 rings (SSSR count). The first-order chi connectivity index (χ1) is 11.7. The van der Waals surface area contributed by atoms with Crippen LogP contribution in [0.25, 0.3) is 0 Å². The quantitative estimate of drug-likeness (QED) is 0.883. The van der Waals surface area contributed by atoms with Gasteiger partial charge in [-0.1, -0.05) is 23.7 Å². The Bertz CT molecular complexity index is 604. The lowest BCUT2D eigenvalue weighted by molar-refractivity contribution is -0.125. The summed E-state index contributed by atoms with van der Waals surface area (Å²) in [6.07, 6.45) is 2.22. The molecule has 1 aromatic carbocycles. The van der Waals surface area contributed by atoms with Crippen molar-refractivity contribution >= 4 is 23.2 Å². The van der Waals surface area contributed by atoms with E-state index in [1.54, 1.807) is 0 Å². The van der Waals surface area contributed by atoms with Gasteiger partial charge in [-0.15, -0.1) is 0 Å². The van der Waals surface area contributed by atoms with Crippen LogP contribution in [0.1, 0.15) is 12.8 Å². The molecule has 3 aliphatic heterocycles. The largest absolute Gasteiger partial charge is 0.378 e. The maximum atomic E-state index is 12.2. The highest BCUT2D eigenvalue weighted by Crippen LogP contribution is 2.29. The number of amides is 1. The Kier molecular flexibility index (Phi) is 4.66. The molecule has 1 N–H and O–H groups in total. The van der Waals surface area contributed by atoms with Crippen LogP contribution < -0.4 is 10.2 Å². The molecular weight excluding hydrogens is 326 g/mol. The number of halogens is 1. The number of carbonyl (C=O) groups excluding carboxylic acids is 1. The van der Waals surface area contributed by atoms with Crippen molar-refractivity contribution in [3.05, 3.63) is 29.3 Å². The van der Waals surface area contributed by atoms with Gasteiger partial charge in [0.25, 0.3) is 0 Å². The molecule has 0 aromatic heterocycles. The highest BCUT2D eigenvalue weighted by molar-refractivity contribution is 6.33. The van der Waals surface area contributed by atoms with E-state index in [2.05, 4.69) is 21.2 Å². The van der Waals surface area contributed by atoms with E-state index in [-0.39, 0.29) is 17.9 Å². The van der Waals surface area contributed by atoms with Crippen LogP contribution in [0.3, 0.4) is 0 Å². The van der Waals surface area contributed by atoms with Crippen molar-refractivity contribution in [1.29, 1.82) is 0 Å². The molecule has 0 unspecified atom stereocenters. The highest BCUT2D eigenvalue weighted by Gasteiger charge is 2.36. The molecule has 3 fully saturated rings. The summed E-state index contributed by atoms with van der Waals surface area (Å²) in [5.41, 5.74) is 1.13. The van der Waals surface area contributed by atoms with Crippen LogP contribution in [-0.4, -0.2) is 62.3 Å². The van der Waals surface area contributed by atoms with E-state index in [9.17, 15) is 4.79 Å². The number of para-hydroxylation sites is 1. The van der Waals surface area contributed by atoms with Gasteiger partial charge >= 0.3 is 0 Å². The number of hydrogen-bond donors (Lipinski definition) is 1. The van der Waals surface area contributed by atoms with Crippen molar-refractivity contribution in [3.63, 3.8) is 0 Å². The van der Waals surface area contributed by atoms with E-state index < -0.39 is 0 Å². The number of nitrogens with zero attached hydrogens (tertiary/aromatic N) is 2. The summed E-state index contributed by atoms with van der Waals surface area (Å²) in [7, 11) is 0. The van der Waals surface area contributed by atoms with Crippen molar-refractivity contribution < 1.29 is 9.53 Å². The lowest BCUT2D eigenvalue weighted by Gasteiger charge is -2.41. The molecule has 3 aliphatic rings. The molecule has 3 heterocycles. The van der Waals surface area contributed by atoms with Crippen LogP contribution in [0.4, 0.5) is 5.69 Å². The second-order valence-corrected chi connectivity index (χ2v) is 7.47. The summed E-state index contributed by atoms with van der Waals surface area (Å²) in [4.78, 5) is 17.1. The summed E-state index contributed by atoms with van der Waals surface area (Å²) in [6.45, 7) is 4.93. The average Bonchev–Trinajstić information content (AvgIpc) is 2.84. The van der Waals surface area contributed by atoms with Gasteiger partial charge in [0, 0.05) is 32.2 Å². The number of carbonyl (C=O) groups is 1. The number of benzene rings is 1. The minimum absolute atomic E-state index is 0.0286. The van der Waals surface area contributed by atoms with Crippen molar-refractivity contribution in [3.8, 4) is 0 Å². The Hall–Kier alpha value is -1.30. The summed E-state index contributed by atoms with van der Waals surface area (Å²) in [6, 6.07) is 8.74. The van der Waals surface area contributed by atoms with Crippen molar-refractivity contribution in [2.24, 2.45) is 5.92 Å². The summed E-state index contributed by atoms with van der Waals surface area (Å²) in [5.74, 6) is 0.132. The molecule has 1 amide bonds. The summed E-state index contributed by atoms with van der Waals surface area (Å²) < 4.78 is 5.62. The fourth-order valence-corrected chi connectivity index (χ4v) is 4.40. The number of piperidine rings is 1. The summed E-state index contributed by atoms with van der Waals surface area (Å²) in [5, 5.41) is 3.94. The van der Waals surface area contributed by atoms with Crippen molar-refractivity contribution in [2.75, 3.05) is 44.3 Å². The Morgan fingerprint density at radius 1 is 1.12 bits per heavy atom. The number of nitrogens with one attached hydrogen (secondary N) is 1. The zero-order chi connectivity index (χ0) is 16.5. The van der Waals surface area contributed by atoms with Gasteiger partial charge in [-0.25, -0.2) is 0 Å². The van der Waals surface area contributed by atoms with Crippen molar-refractivity contribution in [1.82, 2.24) is 10.2 Å². The molecule has 2 bridgehead atoms. The molecule has 6 heteroatoms. The van der Waals surface area contributed by atoms with Gasteiger partial charge in [-0.3, -0.25) is 9.69 Å². The molecule has 24 heavy (non-hydrogen) atoms. The van der Waals surface area contributed by atoms with E-state index in [1.165, 1.54) is 0 Å². The van der Waals surface area contributed by atoms with Crippen LogP contribution in [0.2, 0.25) is 5.02 Å². The van der Waals surface area contributed by atoms with Crippen LogP contribution in [-0.2, 0) is 9.53 Å². The number of hydrogen-bond acceptors (Lipinski definition) is 4. The standard InChI is InChI=1S/C18H24ClN3O2/c19-16-3-1-2-4-17(16)21-7-5-15(6-8-21)22-9-13-11-24-12-14(10-22)20-18(13)23/h1-4,13-15H,5-12H2,(H,20,23)/t13-,14+/m1/s1. The van der Waals surface area contributed by atoms with Gasteiger partial charge in [-0.2, -0.15) is 0 Å². The maximum absolute atomic E-state index is 12.2. The van der Waals surface area contributed by atoms with Crippen LogP contribution in [0, 0.1) is 5.92 Å². The molecular formula is C18H24ClN3O2. The number of rotatable bonds is 2. The Morgan fingerprint density at radius 3 is 2.71 bits per heavy atom. The second-order valence-electron chi connectivity index (χ2n) is 7.06. The second kappa shape index (κ2) is 6.90. The average molecular weight is 350 g/mol. The van der Waals surface area contributed by atoms with Gasteiger partial charge in [0.05, 0.1) is 35.9 Å². The lowest BCUT2D eigenvalue weighted by atomic mass is 10.00. The van der Waals surface area contributed by atoms with Gasteiger partial charge in [0.15, 0.2) is 0 Å². The third-order valence-corrected chi connectivity index (χ3v) is 5.76. The molecule has 1 aromatic rings. The predicted octanol–water partition coefficient (Wildman–Crippen LogP) is 1.76. The van der Waals surface area contributed by atoms with Gasteiger partial charge in [0.1, 0.15) is 0 Å². The predicted molar refractivity (Wildman–Crippen MR) is 94.5 cm³/mol. The highest BCUT2D eigenvalue weighted by atomic mass is 35.5. The molecule has 5 nitrogen and oxygen atoms in total. The van der Waals surface area contributed by atoms with Crippen LogP contribution >= 0.6 is 11.6 Å². The maximum Gasteiger partial charge on any atom is 0.227 e. The normalized spacial score (nSPS) is 29.2. The van der Waals surface area contributed by atoms with Crippen LogP contribution in [0.15, 0.2) is 24.3 Å². The van der Waals surface area contributed by atoms with Crippen LogP contribution in [0.5, 0.6) is 0 Å². The fraction of sp³-hybridized carbons (Fsp3) is 0.611. The van der Waals surface area contributed by atoms with E-state index in [4.69, 9.17) is 16.3 Å². The molecule has 2 atom stereocenters. The monoisotopic (exact) mass is 349 g/mol. The SMILES string of the molecule is O=C1N[C@@H]2COC[C@H]1CN(C1CCN(c3ccccc3Cl)CC1)C2. The molecule has 0 aliphatic carbocycles. The van der Waals surface area contributed by atoms with E-state index in [0.717, 1.165) is 49.7 Å². The van der Waals surface area contributed by atoms with Gasteiger partial charge < -0.3 is 15.0 Å². The van der Waals surface area contributed by atoms with Crippen molar-refractivity contribution in [2.45, 2.75) is 24.9 Å². The zero-order valence-corrected chi connectivity index (χ0v) is 14.5. The van der Waals surface area contributed by atoms with E-state index >= 15 is 0 Å². The smallest absolute Gasteiger partial charge is 0.227 e. The van der Waals surface area contributed by atoms with Gasteiger partial charge in [0.2, 0.25) is 5.91 Å². The van der Waals surface area contributed by atoms with E-state index in [0.29, 0.717) is 19.3 Å². The minimum atomic E-state index is -0.0286. The minimum Gasteiger partial charge on any atom is -0.378 e.